The number of fused-ring (bicyclic) bond motifs is 5. The van der Waals surface area contributed by atoms with Gasteiger partial charge in [-0.1, -0.05) is 24.1 Å². The van der Waals surface area contributed by atoms with Crippen LogP contribution in [0.4, 0.5) is 0 Å². The monoisotopic (exact) mass is 617 g/mol. The number of pyridine rings is 2. The van der Waals surface area contributed by atoms with Gasteiger partial charge in [0.1, 0.15) is 5.52 Å². The highest BCUT2D eigenvalue weighted by Crippen LogP contribution is 2.40. The number of nitrogens with one attached hydrogen (secondary N) is 2. The molecule has 1 saturated carbocycles. The molecule has 6 heterocycles. The maximum Gasteiger partial charge on any atom is 0.234 e. The molecular formula is C38H47N7O. The molecule has 8 nitrogen and oxygen atoms in total. The van der Waals surface area contributed by atoms with Crippen LogP contribution in [-0.2, 0) is 23.7 Å². The second-order valence-electron chi connectivity index (χ2n) is 14.6. The van der Waals surface area contributed by atoms with E-state index in [2.05, 4.69) is 90.1 Å². The fourth-order valence-corrected chi connectivity index (χ4v) is 7.95. The maximum atomic E-state index is 14.1. The summed E-state index contributed by atoms with van der Waals surface area (Å²) in [5, 5.41) is 4.87. The number of hydrogen-bond acceptors (Lipinski definition) is 5. The summed E-state index contributed by atoms with van der Waals surface area (Å²) in [5.41, 5.74) is 10.2. The topological polar surface area (TPSA) is 91.7 Å². The predicted molar refractivity (Wildman–Crippen MR) is 185 cm³/mol. The lowest BCUT2D eigenvalue weighted by atomic mass is 9.77. The second-order valence-corrected chi connectivity index (χ2v) is 14.6. The Labute approximate surface area is 272 Å². The molecule has 0 spiro atoms. The number of carbonyl (C=O) groups is 1. The molecule has 1 aromatic carbocycles. The Morgan fingerprint density at radius 3 is 2.50 bits per heavy atom. The molecule has 2 N–H and O–H groups in total. The van der Waals surface area contributed by atoms with Crippen molar-refractivity contribution < 1.29 is 4.79 Å². The Hall–Kier alpha value is -4.04. The summed E-state index contributed by atoms with van der Waals surface area (Å²) in [6.45, 7) is 13.3. The van der Waals surface area contributed by atoms with Crippen LogP contribution in [0.25, 0.3) is 33.3 Å². The van der Waals surface area contributed by atoms with Gasteiger partial charge in [-0.15, -0.1) is 0 Å². The van der Waals surface area contributed by atoms with Crippen LogP contribution in [0.2, 0.25) is 0 Å². The SMILES string of the molecule is Cc1cc(C)cc(-c2[nH]c3cnc(C(C)(C)C(=O)N4CC5CCC4CC5)cc3c2C(C)CNCCc2cnc3c(c2)ncn3C)c1. The third-order valence-corrected chi connectivity index (χ3v) is 10.5. The van der Waals surface area contributed by atoms with Gasteiger partial charge in [-0.3, -0.25) is 9.78 Å². The smallest absolute Gasteiger partial charge is 0.234 e. The van der Waals surface area contributed by atoms with Crippen LogP contribution in [0, 0.1) is 19.8 Å². The maximum absolute atomic E-state index is 14.1. The average molecular weight is 618 g/mol. The van der Waals surface area contributed by atoms with E-state index in [1.54, 1.807) is 0 Å². The number of hydrogen-bond donors (Lipinski definition) is 2. The number of aromatic nitrogens is 5. The van der Waals surface area contributed by atoms with Gasteiger partial charge in [0.05, 0.1) is 34.8 Å². The Bertz CT molecular complexity index is 1890. The molecule has 2 saturated heterocycles. The van der Waals surface area contributed by atoms with Crippen LogP contribution in [0.15, 0.2) is 49.1 Å². The van der Waals surface area contributed by atoms with E-state index in [4.69, 9.17) is 4.98 Å². The first-order chi connectivity index (χ1) is 22.1. The molecule has 8 heteroatoms. The van der Waals surface area contributed by atoms with Crippen LogP contribution >= 0.6 is 0 Å². The highest BCUT2D eigenvalue weighted by atomic mass is 16.2. The molecule has 240 valence electrons. The summed E-state index contributed by atoms with van der Waals surface area (Å²) in [7, 11) is 1.97. The number of aromatic amines is 1. The molecule has 1 amide bonds. The van der Waals surface area contributed by atoms with Crippen molar-refractivity contribution in [2.24, 2.45) is 13.0 Å². The lowest BCUT2D eigenvalue weighted by Crippen LogP contribution is -2.55. The molecule has 2 bridgehead atoms. The minimum Gasteiger partial charge on any atom is -0.353 e. The van der Waals surface area contributed by atoms with Crippen molar-refractivity contribution in [2.45, 2.75) is 84.1 Å². The van der Waals surface area contributed by atoms with Crippen molar-refractivity contribution in [3.63, 3.8) is 0 Å². The van der Waals surface area contributed by atoms with Gasteiger partial charge in [0.2, 0.25) is 5.91 Å². The molecule has 3 aliphatic rings. The number of amides is 1. The summed E-state index contributed by atoms with van der Waals surface area (Å²) in [5.74, 6) is 1.08. The quantitative estimate of drug-likeness (QED) is 0.179. The van der Waals surface area contributed by atoms with Crippen molar-refractivity contribution >= 4 is 28.0 Å². The first kappa shape index (κ1) is 30.6. The Morgan fingerprint density at radius 1 is 1.02 bits per heavy atom. The third kappa shape index (κ3) is 5.61. The van der Waals surface area contributed by atoms with Gasteiger partial charge in [0.25, 0.3) is 0 Å². The molecule has 1 aliphatic carbocycles. The lowest BCUT2D eigenvalue weighted by molar-refractivity contribution is -0.144. The Balaban J connectivity index is 1.17. The lowest BCUT2D eigenvalue weighted by Gasteiger charge is -2.47. The van der Waals surface area contributed by atoms with Crippen molar-refractivity contribution in [3.8, 4) is 11.3 Å². The van der Waals surface area contributed by atoms with E-state index in [1.807, 2.05) is 30.3 Å². The van der Waals surface area contributed by atoms with E-state index < -0.39 is 5.41 Å². The molecule has 1 atom stereocenters. The molecular weight excluding hydrogens is 570 g/mol. The van der Waals surface area contributed by atoms with Crippen LogP contribution < -0.4 is 5.32 Å². The Morgan fingerprint density at radius 2 is 1.78 bits per heavy atom. The average Bonchev–Trinajstić information content (AvgIpc) is 3.62. The van der Waals surface area contributed by atoms with Gasteiger partial charge in [-0.2, -0.15) is 0 Å². The Kier molecular flexibility index (Phi) is 7.96. The molecule has 46 heavy (non-hydrogen) atoms. The molecule has 2 aliphatic heterocycles. The predicted octanol–water partition coefficient (Wildman–Crippen LogP) is 6.74. The zero-order valence-corrected chi connectivity index (χ0v) is 28.2. The standard InChI is InChI=1S/C38H47N7O/c1-23-13-24(2)15-28(14-23)35-34(25(3)18-39-12-11-27-16-31-36(41-19-27)44(6)22-42-31)30-17-33(40-20-32(30)43-35)38(4,5)37(46)45-21-26-7-9-29(45)10-8-26/h13-17,19-20,22,25-26,29,39,43H,7-12,18,21H2,1-6H3. The first-order valence-electron chi connectivity index (χ1n) is 17.0. The minimum absolute atomic E-state index is 0.216. The van der Waals surface area contributed by atoms with Crippen LogP contribution in [0.1, 0.15) is 80.3 Å². The van der Waals surface area contributed by atoms with Crippen molar-refractivity contribution in [3.05, 3.63) is 77.0 Å². The number of piperidine rings is 2. The van der Waals surface area contributed by atoms with E-state index >= 15 is 0 Å². The summed E-state index contributed by atoms with van der Waals surface area (Å²) in [6.07, 6.45) is 11.4. The minimum atomic E-state index is -0.704. The summed E-state index contributed by atoms with van der Waals surface area (Å²) in [6, 6.07) is 11.4. The van der Waals surface area contributed by atoms with Gasteiger partial charge in [-0.05, 0) is 119 Å². The van der Waals surface area contributed by atoms with Gasteiger partial charge in [0, 0.05) is 37.8 Å². The van der Waals surface area contributed by atoms with Gasteiger partial charge >= 0.3 is 0 Å². The van der Waals surface area contributed by atoms with E-state index in [0.717, 1.165) is 72.4 Å². The first-order valence-corrected chi connectivity index (χ1v) is 17.0. The van der Waals surface area contributed by atoms with Crippen molar-refractivity contribution in [2.75, 3.05) is 19.6 Å². The van der Waals surface area contributed by atoms with Crippen LogP contribution in [0.3, 0.4) is 0 Å². The number of nitrogens with zero attached hydrogens (tertiary/aromatic N) is 5. The van der Waals surface area contributed by atoms with Crippen LogP contribution in [-0.4, -0.2) is 61.0 Å². The number of imidazole rings is 1. The summed E-state index contributed by atoms with van der Waals surface area (Å²) < 4.78 is 1.95. The third-order valence-electron chi connectivity index (χ3n) is 10.5. The largest absolute Gasteiger partial charge is 0.353 e. The van der Waals surface area contributed by atoms with E-state index in [1.165, 1.54) is 40.7 Å². The van der Waals surface area contributed by atoms with E-state index in [-0.39, 0.29) is 11.8 Å². The number of H-pyrrole nitrogens is 1. The van der Waals surface area contributed by atoms with Gasteiger partial charge in [-0.25, -0.2) is 9.97 Å². The molecule has 4 aromatic heterocycles. The number of benzene rings is 1. The molecule has 1 unspecified atom stereocenters. The highest BCUT2D eigenvalue weighted by Gasteiger charge is 2.43. The summed E-state index contributed by atoms with van der Waals surface area (Å²) >= 11 is 0. The van der Waals surface area contributed by atoms with E-state index in [0.29, 0.717) is 12.0 Å². The van der Waals surface area contributed by atoms with E-state index in [9.17, 15) is 4.79 Å². The number of rotatable bonds is 9. The van der Waals surface area contributed by atoms with Crippen molar-refractivity contribution in [1.82, 2.24) is 34.7 Å². The number of aryl methyl sites for hydroxylation is 3. The fourth-order valence-electron chi connectivity index (χ4n) is 7.95. The normalized spacial score (nSPS) is 19.0. The van der Waals surface area contributed by atoms with Gasteiger partial charge < -0.3 is 19.8 Å². The van der Waals surface area contributed by atoms with Gasteiger partial charge in [0.15, 0.2) is 5.65 Å². The molecule has 5 aromatic rings. The summed E-state index contributed by atoms with van der Waals surface area (Å²) in [4.78, 5) is 34.0. The number of carbonyl (C=O) groups excluding carboxylic acids is 1. The van der Waals surface area contributed by atoms with Crippen LogP contribution in [0.5, 0.6) is 0 Å². The molecule has 8 rings (SSSR count). The fraction of sp³-hybridized carbons (Fsp3) is 0.474. The zero-order chi connectivity index (χ0) is 32.2. The second kappa shape index (κ2) is 12.0. The van der Waals surface area contributed by atoms with Crippen molar-refractivity contribution in [1.29, 1.82) is 0 Å². The molecule has 0 radical (unpaired) electrons. The highest BCUT2D eigenvalue weighted by molar-refractivity contribution is 5.93. The zero-order valence-electron chi connectivity index (χ0n) is 28.2. The molecule has 3 fully saturated rings.